The van der Waals surface area contributed by atoms with Gasteiger partial charge in [-0.25, -0.2) is 4.79 Å². The zero-order valence-electron chi connectivity index (χ0n) is 22.4. The highest BCUT2D eigenvalue weighted by molar-refractivity contribution is 5.79. The molecule has 0 radical (unpaired) electrons. The Hall–Kier alpha value is -2.98. The first-order valence-electron chi connectivity index (χ1n) is 13.0. The highest BCUT2D eigenvalue weighted by Crippen LogP contribution is 2.44. The molecule has 2 aromatic carbocycles. The fraction of sp³-hybridized carbons (Fsp3) is 0.517. The molecule has 1 aliphatic rings. The molecule has 0 spiro atoms. The number of aliphatic carboxylic acids is 1. The molecule has 9 nitrogen and oxygen atoms in total. The second-order valence-electron chi connectivity index (χ2n) is 10.1. The zero-order chi connectivity index (χ0) is 27.6. The molecular weight excluding hydrogens is 490 g/mol. The number of alkyl carbamates (subject to hydrolysis) is 1. The first-order valence-corrected chi connectivity index (χ1v) is 13.0. The lowest BCUT2D eigenvalue weighted by molar-refractivity contribution is -0.206. The van der Waals surface area contributed by atoms with E-state index < -0.39 is 23.5 Å². The summed E-state index contributed by atoms with van der Waals surface area (Å²) in [7, 11) is 0. The van der Waals surface area contributed by atoms with E-state index in [0.717, 1.165) is 0 Å². The van der Waals surface area contributed by atoms with Gasteiger partial charge in [0, 0.05) is 18.9 Å². The topological polar surface area (TPSA) is 124 Å². The van der Waals surface area contributed by atoms with Crippen LogP contribution < -0.4 is 5.32 Å². The number of aliphatic hydroxyl groups is 1. The van der Waals surface area contributed by atoms with E-state index in [1.165, 1.54) is 22.3 Å². The number of hydrogen-bond donors (Lipinski definition) is 3. The van der Waals surface area contributed by atoms with Crippen LogP contribution in [0.5, 0.6) is 0 Å². The molecule has 2 aromatic rings. The van der Waals surface area contributed by atoms with Crippen molar-refractivity contribution in [2.45, 2.75) is 57.3 Å². The van der Waals surface area contributed by atoms with Gasteiger partial charge in [-0.15, -0.1) is 0 Å². The molecule has 0 fully saturated rings. The molecule has 0 bridgehead atoms. The van der Waals surface area contributed by atoms with Gasteiger partial charge in [0.1, 0.15) is 6.61 Å². The molecule has 1 amide bonds. The van der Waals surface area contributed by atoms with Gasteiger partial charge >= 0.3 is 12.1 Å². The fourth-order valence-corrected chi connectivity index (χ4v) is 4.31. The minimum atomic E-state index is -1.38. The van der Waals surface area contributed by atoms with Crippen molar-refractivity contribution in [2.24, 2.45) is 0 Å². The van der Waals surface area contributed by atoms with Gasteiger partial charge in [-0.2, -0.15) is 0 Å². The summed E-state index contributed by atoms with van der Waals surface area (Å²) >= 11 is 0. The summed E-state index contributed by atoms with van der Waals surface area (Å²) in [5, 5.41) is 21.7. The van der Waals surface area contributed by atoms with E-state index >= 15 is 0 Å². The molecular formula is C29H39NO8. The molecule has 1 unspecified atom stereocenters. The van der Waals surface area contributed by atoms with Crippen LogP contribution in [-0.4, -0.2) is 73.2 Å². The first kappa shape index (κ1) is 29.6. The number of ether oxygens (including phenoxy) is 4. The minimum absolute atomic E-state index is 0.0110. The van der Waals surface area contributed by atoms with Gasteiger partial charge < -0.3 is 34.5 Å². The molecule has 0 saturated carbocycles. The molecule has 208 valence electrons. The number of nitrogens with one attached hydrogen (secondary N) is 1. The van der Waals surface area contributed by atoms with E-state index in [9.17, 15) is 14.7 Å². The average Bonchev–Trinajstić information content (AvgIpc) is 3.18. The van der Waals surface area contributed by atoms with Crippen LogP contribution in [0.2, 0.25) is 0 Å². The van der Waals surface area contributed by atoms with Crippen molar-refractivity contribution >= 4 is 12.1 Å². The van der Waals surface area contributed by atoms with Crippen molar-refractivity contribution in [3.05, 3.63) is 59.7 Å². The number of amides is 1. The third-order valence-corrected chi connectivity index (χ3v) is 6.50. The SMILES string of the molecule is CC(C)(CCOC(C)(O)CCOCCC(=O)O)OCCNC(=O)OCC1c2ccccc2-c2ccccc21. The van der Waals surface area contributed by atoms with Crippen LogP contribution in [0.4, 0.5) is 4.79 Å². The van der Waals surface area contributed by atoms with Crippen molar-refractivity contribution in [1.82, 2.24) is 5.32 Å². The van der Waals surface area contributed by atoms with Gasteiger partial charge in [-0.05, 0) is 49.4 Å². The molecule has 0 saturated heterocycles. The third-order valence-electron chi connectivity index (χ3n) is 6.50. The van der Waals surface area contributed by atoms with Crippen molar-refractivity contribution in [3.63, 3.8) is 0 Å². The van der Waals surface area contributed by atoms with Crippen LogP contribution in [0.1, 0.15) is 57.1 Å². The highest BCUT2D eigenvalue weighted by atomic mass is 16.6. The maximum Gasteiger partial charge on any atom is 0.407 e. The standard InChI is InChI=1S/C29H39NO8/c1-28(2,13-18-38-29(3,34)14-17-35-16-12-26(31)32)37-19-15-30-27(33)36-20-25-23-10-6-4-8-21(23)22-9-5-7-11-24(22)25/h4-11,25,34H,12-20H2,1-3H3,(H,30,33)(H,31,32). The van der Waals surface area contributed by atoms with Crippen LogP contribution >= 0.6 is 0 Å². The largest absolute Gasteiger partial charge is 0.481 e. The van der Waals surface area contributed by atoms with Crippen molar-refractivity contribution < 1.29 is 38.7 Å². The maximum atomic E-state index is 12.3. The van der Waals surface area contributed by atoms with Gasteiger partial charge in [0.2, 0.25) is 0 Å². The molecule has 1 atom stereocenters. The lowest BCUT2D eigenvalue weighted by atomic mass is 9.98. The summed E-state index contributed by atoms with van der Waals surface area (Å²) in [5.74, 6) is -2.30. The Morgan fingerprint density at radius 3 is 2.13 bits per heavy atom. The molecule has 3 N–H and O–H groups in total. The predicted molar refractivity (Wildman–Crippen MR) is 142 cm³/mol. The highest BCUT2D eigenvalue weighted by Gasteiger charge is 2.29. The summed E-state index contributed by atoms with van der Waals surface area (Å²) in [5.41, 5.74) is 4.17. The number of carbonyl (C=O) groups is 2. The number of fused-ring (bicyclic) bond motifs is 3. The van der Waals surface area contributed by atoms with Crippen LogP contribution in [0.15, 0.2) is 48.5 Å². The number of carbonyl (C=O) groups excluding carboxylic acids is 1. The quantitative estimate of drug-likeness (QED) is 0.217. The van der Waals surface area contributed by atoms with Gasteiger partial charge in [-0.3, -0.25) is 4.79 Å². The molecule has 0 heterocycles. The number of hydrogen-bond acceptors (Lipinski definition) is 7. The van der Waals surface area contributed by atoms with E-state index in [0.29, 0.717) is 19.6 Å². The van der Waals surface area contributed by atoms with Crippen molar-refractivity contribution in [2.75, 3.05) is 39.6 Å². The van der Waals surface area contributed by atoms with E-state index in [-0.39, 0.29) is 45.2 Å². The Labute approximate surface area is 224 Å². The van der Waals surface area contributed by atoms with E-state index in [4.69, 9.17) is 24.1 Å². The average molecular weight is 530 g/mol. The summed E-state index contributed by atoms with van der Waals surface area (Å²) in [4.78, 5) is 22.8. The Bertz CT molecular complexity index is 1020. The van der Waals surface area contributed by atoms with E-state index in [1.807, 2.05) is 38.1 Å². The van der Waals surface area contributed by atoms with Crippen LogP contribution in [0, 0.1) is 0 Å². The summed E-state index contributed by atoms with van der Waals surface area (Å²) in [6.07, 6.45) is 0.176. The molecule has 38 heavy (non-hydrogen) atoms. The minimum Gasteiger partial charge on any atom is -0.481 e. The summed E-state index contributed by atoms with van der Waals surface area (Å²) in [6, 6.07) is 16.4. The fourth-order valence-electron chi connectivity index (χ4n) is 4.31. The van der Waals surface area contributed by atoms with Crippen molar-refractivity contribution in [3.8, 4) is 11.1 Å². The lowest BCUT2D eigenvalue weighted by Gasteiger charge is -2.29. The van der Waals surface area contributed by atoms with Gasteiger partial charge in [0.05, 0.1) is 38.4 Å². The molecule has 1 aliphatic carbocycles. The maximum absolute atomic E-state index is 12.3. The van der Waals surface area contributed by atoms with Gasteiger partial charge in [-0.1, -0.05) is 48.5 Å². The molecule has 9 heteroatoms. The molecule has 0 aliphatic heterocycles. The van der Waals surface area contributed by atoms with E-state index in [1.54, 1.807) is 6.92 Å². The predicted octanol–water partition coefficient (Wildman–Crippen LogP) is 4.32. The Morgan fingerprint density at radius 2 is 1.50 bits per heavy atom. The van der Waals surface area contributed by atoms with Crippen molar-refractivity contribution in [1.29, 1.82) is 0 Å². The van der Waals surface area contributed by atoms with E-state index in [2.05, 4.69) is 29.6 Å². The number of rotatable bonds is 16. The van der Waals surface area contributed by atoms with Crippen LogP contribution in [-0.2, 0) is 23.7 Å². The van der Waals surface area contributed by atoms with Crippen LogP contribution in [0.3, 0.4) is 0 Å². The normalized spacial score (nSPS) is 14.4. The molecule has 0 aromatic heterocycles. The second kappa shape index (κ2) is 13.7. The Balaban J connectivity index is 1.31. The first-order chi connectivity index (χ1) is 18.1. The van der Waals surface area contributed by atoms with Crippen LogP contribution in [0.25, 0.3) is 11.1 Å². The number of benzene rings is 2. The smallest absolute Gasteiger partial charge is 0.407 e. The lowest BCUT2D eigenvalue weighted by Crippen LogP contribution is -2.35. The Morgan fingerprint density at radius 1 is 0.868 bits per heavy atom. The monoisotopic (exact) mass is 529 g/mol. The molecule has 3 rings (SSSR count). The number of carboxylic acids is 1. The third kappa shape index (κ3) is 9.09. The second-order valence-corrected chi connectivity index (χ2v) is 10.1. The Kier molecular flexibility index (Phi) is 10.7. The van der Waals surface area contributed by atoms with Gasteiger partial charge in [0.25, 0.3) is 0 Å². The van der Waals surface area contributed by atoms with Gasteiger partial charge in [0.15, 0.2) is 5.79 Å². The zero-order valence-corrected chi connectivity index (χ0v) is 22.4. The summed E-state index contributed by atoms with van der Waals surface area (Å²) < 4.78 is 22.2. The summed E-state index contributed by atoms with van der Waals surface area (Å²) in [6.45, 7) is 6.76. The number of carboxylic acid groups (broad SMARTS) is 1.